The normalized spacial score (nSPS) is 12.1. The van der Waals surface area contributed by atoms with E-state index in [0.717, 1.165) is 5.56 Å². The first-order valence-electron chi connectivity index (χ1n) is 9.61. The molecule has 0 saturated carbocycles. The molecular weight excluding hydrogens is 374 g/mol. The summed E-state index contributed by atoms with van der Waals surface area (Å²) in [6.45, 7) is 9.11. The highest BCUT2D eigenvalue weighted by Crippen LogP contribution is 2.31. The number of rotatable bonds is 4. The number of benzene rings is 1. The third kappa shape index (κ3) is 4.18. The minimum absolute atomic E-state index is 0.0705. The number of amides is 1. The fourth-order valence-corrected chi connectivity index (χ4v) is 2.80. The molecule has 9 heteroatoms. The number of aromatic nitrogens is 3. The van der Waals surface area contributed by atoms with Crippen LogP contribution in [0.4, 0.5) is 22.0 Å². The van der Waals surface area contributed by atoms with E-state index in [1.165, 1.54) is 33.7 Å². The van der Waals surface area contributed by atoms with Crippen LogP contribution in [0.5, 0.6) is 0 Å². The van der Waals surface area contributed by atoms with E-state index in [9.17, 15) is 14.9 Å². The molecule has 0 atom stereocenters. The first-order chi connectivity index (χ1) is 14.0. The summed E-state index contributed by atoms with van der Waals surface area (Å²) in [4.78, 5) is 29.3. The summed E-state index contributed by atoms with van der Waals surface area (Å²) < 4.78 is 15.1. The molecule has 2 aromatic heterocycles. The Morgan fingerprint density at radius 1 is 1.34 bits per heavy atom. The van der Waals surface area contributed by atoms with E-state index in [0.29, 0.717) is 5.65 Å². The monoisotopic (exact) mass is 398 g/mol. The van der Waals surface area contributed by atoms with Gasteiger partial charge in [-0.05, 0) is 32.8 Å². The molecule has 0 unspecified atom stereocenters. The number of nitro groups is 1. The van der Waals surface area contributed by atoms with Crippen LogP contribution in [0, 0.1) is 10.1 Å². The molecule has 0 aliphatic heterocycles. The molecule has 1 amide bonds. The number of ether oxygens (including phenoxy) is 1. The number of hydrogen-bond donors (Lipinski definition) is 0. The summed E-state index contributed by atoms with van der Waals surface area (Å²) in [7, 11) is 0. The van der Waals surface area contributed by atoms with Gasteiger partial charge in [-0.15, -0.1) is 0 Å². The van der Waals surface area contributed by atoms with Crippen LogP contribution in [0.1, 0.15) is 47.5 Å². The second-order valence-corrected chi connectivity index (χ2v) is 7.83. The van der Waals surface area contributed by atoms with Gasteiger partial charge in [0.25, 0.3) is 5.69 Å². The van der Waals surface area contributed by atoms with Crippen molar-refractivity contribution in [3.05, 3.63) is 58.4 Å². The van der Waals surface area contributed by atoms with Crippen LogP contribution < -0.4 is 4.90 Å². The van der Waals surface area contributed by atoms with Gasteiger partial charge in [-0.25, -0.2) is 14.7 Å². The van der Waals surface area contributed by atoms with Crippen molar-refractivity contribution in [2.45, 2.75) is 46.1 Å². The molecule has 9 nitrogen and oxygen atoms in total. The number of anilines is 2. The van der Waals surface area contributed by atoms with Gasteiger partial charge in [-0.1, -0.05) is 19.9 Å². The van der Waals surface area contributed by atoms with Crippen molar-refractivity contribution < 1.29 is 15.8 Å². The molecule has 0 aliphatic carbocycles. The molecule has 0 saturated heterocycles. The predicted molar refractivity (Wildman–Crippen MR) is 109 cm³/mol. The van der Waals surface area contributed by atoms with Gasteiger partial charge < -0.3 is 4.74 Å². The Labute approximate surface area is 169 Å². The number of hydrogen-bond acceptors (Lipinski definition) is 6. The number of nitro benzene ring substituents is 1. The molecule has 0 spiro atoms. The Bertz CT molecular complexity index is 1120. The number of fused-ring (bicyclic) bond motifs is 1. The maximum Gasteiger partial charge on any atom is 0.420 e. The van der Waals surface area contributed by atoms with Crippen LogP contribution in [0.2, 0.25) is 0 Å². The number of carbonyl (C=O) groups is 1. The Morgan fingerprint density at radius 2 is 2.07 bits per heavy atom. The molecule has 0 radical (unpaired) electrons. The molecule has 0 aliphatic rings. The molecule has 3 rings (SSSR count). The van der Waals surface area contributed by atoms with Gasteiger partial charge in [-0.3, -0.25) is 10.1 Å². The molecular formula is C20H23N5O4. The van der Waals surface area contributed by atoms with Crippen LogP contribution in [-0.4, -0.2) is 31.2 Å². The van der Waals surface area contributed by atoms with E-state index in [4.69, 9.17) is 6.11 Å². The topological polar surface area (TPSA) is 103 Å². The second-order valence-electron chi connectivity index (χ2n) is 7.83. The lowest BCUT2D eigenvalue weighted by Crippen LogP contribution is -2.35. The first kappa shape index (κ1) is 18.9. The molecule has 2 heterocycles. The lowest BCUT2D eigenvalue weighted by Gasteiger charge is -2.27. The van der Waals surface area contributed by atoms with Gasteiger partial charge >= 0.3 is 6.09 Å². The molecule has 3 aromatic rings. The highest BCUT2D eigenvalue weighted by atomic mass is 16.6. The number of non-ortho nitro benzene ring substituents is 1. The average Bonchev–Trinajstić information content (AvgIpc) is 3.04. The minimum atomic E-state index is -0.806. The van der Waals surface area contributed by atoms with Gasteiger partial charge in [0.2, 0.25) is 0 Å². The standard InChI is InChI=1S/C20H23N5O4/c1-13(2)16-12-22-24-17(9-10-21-18(16)24)23(19(26)29-20(3,4)5)14-7-6-8-15(11-14)25(27)28/h6-13H,1-5H3/i10D. The van der Waals surface area contributed by atoms with E-state index in [-0.39, 0.29) is 29.3 Å². The van der Waals surface area contributed by atoms with E-state index < -0.39 is 16.6 Å². The third-order valence-corrected chi connectivity index (χ3v) is 4.08. The quantitative estimate of drug-likeness (QED) is 0.460. The van der Waals surface area contributed by atoms with Crippen molar-refractivity contribution in [1.29, 1.82) is 0 Å². The van der Waals surface area contributed by atoms with Gasteiger partial charge in [0.1, 0.15) is 11.4 Å². The summed E-state index contributed by atoms with van der Waals surface area (Å²) in [5, 5.41) is 15.6. The first-order valence-corrected chi connectivity index (χ1v) is 9.11. The van der Waals surface area contributed by atoms with Gasteiger partial charge in [0.05, 0.1) is 18.2 Å². The molecule has 29 heavy (non-hydrogen) atoms. The van der Waals surface area contributed by atoms with Gasteiger partial charge in [0.15, 0.2) is 5.65 Å². The maximum atomic E-state index is 13.1. The molecule has 0 bridgehead atoms. The zero-order chi connectivity index (χ0) is 22.2. The maximum absolute atomic E-state index is 13.1. The van der Waals surface area contributed by atoms with Gasteiger partial charge in [-0.2, -0.15) is 9.61 Å². The summed E-state index contributed by atoms with van der Waals surface area (Å²) in [6, 6.07) is 7.01. The summed E-state index contributed by atoms with van der Waals surface area (Å²) in [5.41, 5.74) is 0.479. The van der Waals surface area contributed by atoms with Crippen LogP contribution in [0.3, 0.4) is 0 Å². The smallest absolute Gasteiger partial charge is 0.420 e. The van der Waals surface area contributed by atoms with E-state index in [1.54, 1.807) is 33.0 Å². The highest BCUT2D eigenvalue weighted by Gasteiger charge is 2.28. The highest BCUT2D eigenvalue weighted by molar-refractivity contribution is 5.95. The zero-order valence-corrected chi connectivity index (χ0v) is 16.9. The van der Waals surface area contributed by atoms with Crippen LogP contribution in [0.25, 0.3) is 5.65 Å². The Balaban J connectivity index is 2.27. The molecule has 1 aromatic carbocycles. The predicted octanol–water partition coefficient (Wildman–Crippen LogP) is 4.83. The largest absolute Gasteiger partial charge is 0.443 e. The third-order valence-electron chi connectivity index (χ3n) is 4.08. The Kier molecular flexibility index (Phi) is 4.87. The fourth-order valence-electron chi connectivity index (χ4n) is 2.80. The van der Waals surface area contributed by atoms with Crippen molar-refractivity contribution in [1.82, 2.24) is 14.6 Å². The van der Waals surface area contributed by atoms with E-state index in [1.807, 2.05) is 13.8 Å². The van der Waals surface area contributed by atoms with Crippen molar-refractivity contribution in [3.8, 4) is 0 Å². The fraction of sp³-hybridized carbons (Fsp3) is 0.350. The molecule has 0 fully saturated rings. The van der Waals surface area contributed by atoms with Crippen molar-refractivity contribution >= 4 is 28.9 Å². The van der Waals surface area contributed by atoms with Crippen molar-refractivity contribution in [2.24, 2.45) is 0 Å². The van der Waals surface area contributed by atoms with E-state index >= 15 is 0 Å². The lowest BCUT2D eigenvalue weighted by atomic mass is 10.1. The van der Waals surface area contributed by atoms with Crippen LogP contribution in [0.15, 0.2) is 42.7 Å². The van der Waals surface area contributed by atoms with Crippen molar-refractivity contribution in [2.75, 3.05) is 4.90 Å². The second kappa shape index (κ2) is 7.50. The zero-order valence-electron chi connectivity index (χ0n) is 17.9. The van der Waals surface area contributed by atoms with Crippen molar-refractivity contribution in [3.63, 3.8) is 0 Å². The van der Waals surface area contributed by atoms with Crippen LogP contribution >= 0.6 is 0 Å². The SMILES string of the molecule is [2H]c1cc(N(C(=O)OC(C)(C)C)c2cccc([N+](=O)[O-])c2)n2ncc(C(C)C)c2n1. The Morgan fingerprint density at radius 3 is 2.69 bits per heavy atom. The molecule has 152 valence electrons. The van der Waals surface area contributed by atoms with Crippen LogP contribution in [-0.2, 0) is 4.74 Å². The Hall–Kier alpha value is -3.49. The number of carbonyl (C=O) groups excluding carboxylic acids is 1. The number of nitrogens with zero attached hydrogens (tertiary/aromatic N) is 5. The summed E-state index contributed by atoms with van der Waals surface area (Å²) >= 11 is 0. The minimum Gasteiger partial charge on any atom is -0.443 e. The van der Waals surface area contributed by atoms with E-state index in [2.05, 4.69) is 10.1 Å². The average molecular weight is 398 g/mol. The summed E-state index contributed by atoms with van der Waals surface area (Å²) in [6.07, 6.45) is 0.812. The summed E-state index contributed by atoms with van der Waals surface area (Å²) in [5.74, 6) is 0.295. The molecule has 0 N–H and O–H groups in total. The lowest BCUT2D eigenvalue weighted by molar-refractivity contribution is -0.384. The van der Waals surface area contributed by atoms with Gasteiger partial charge in [0, 0.05) is 29.9 Å².